The van der Waals surface area contributed by atoms with Crippen LogP contribution in [0.4, 0.5) is 0 Å². The van der Waals surface area contributed by atoms with Gasteiger partial charge in [0, 0.05) is 35.0 Å². The van der Waals surface area contributed by atoms with Gasteiger partial charge in [-0.15, -0.1) is 0 Å². The molecule has 0 radical (unpaired) electrons. The van der Waals surface area contributed by atoms with Crippen molar-refractivity contribution in [1.29, 1.82) is 0 Å². The van der Waals surface area contributed by atoms with E-state index in [1.165, 1.54) is 44.1 Å². The summed E-state index contributed by atoms with van der Waals surface area (Å²) in [6, 6.07) is 53.6. The van der Waals surface area contributed by atoms with Crippen molar-refractivity contribution in [3.8, 4) is 5.75 Å². The number of rotatable bonds is 7. The maximum absolute atomic E-state index is 5.98. The van der Waals surface area contributed by atoms with Gasteiger partial charge in [0.1, 0.15) is 5.75 Å². The molecule has 44 heavy (non-hydrogen) atoms. The Labute approximate surface area is 258 Å². The third-order valence-corrected chi connectivity index (χ3v) is 8.33. The lowest BCUT2D eigenvalue weighted by atomic mass is 9.94. The molecule has 2 heteroatoms. The van der Waals surface area contributed by atoms with Crippen molar-refractivity contribution in [1.82, 2.24) is 4.57 Å². The van der Waals surface area contributed by atoms with Crippen molar-refractivity contribution in [3.05, 3.63) is 185 Å². The van der Waals surface area contributed by atoms with Crippen LogP contribution >= 0.6 is 0 Å². The molecule has 0 saturated carbocycles. The molecule has 0 spiro atoms. The molecule has 1 heterocycles. The second kappa shape index (κ2) is 11.9. The zero-order chi connectivity index (χ0) is 29.9. The molecule has 0 aliphatic rings. The molecule has 7 rings (SSSR count). The fraction of sp³-hybridized carbons (Fsp3) is 0.0476. The number of hydrogen-bond acceptors (Lipinski definition) is 1. The summed E-state index contributed by atoms with van der Waals surface area (Å²) >= 11 is 0. The third-order valence-electron chi connectivity index (χ3n) is 8.33. The highest BCUT2D eigenvalue weighted by atomic mass is 16.5. The standard InChI is InChI=1S/C42H33NO/c1-43-40-24-23-30(25-36(31-15-7-3-8-16-31)32-17-9-4-10-18-32)26-38(40)39-28-35(42(44-2)29-41(39)43)27-37(33-19-11-5-12-20-33)34-21-13-6-14-22-34/h3-29H,1-2H3. The number of aryl methyl sites for hydroxylation is 1. The Bertz CT molecular complexity index is 2040. The minimum atomic E-state index is 0.850. The smallest absolute Gasteiger partial charge is 0.128 e. The first-order valence-corrected chi connectivity index (χ1v) is 14.9. The fourth-order valence-electron chi connectivity index (χ4n) is 6.11. The van der Waals surface area contributed by atoms with E-state index in [9.17, 15) is 0 Å². The Morgan fingerprint density at radius 2 is 0.955 bits per heavy atom. The second-order valence-electron chi connectivity index (χ2n) is 11.0. The number of aromatic nitrogens is 1. The number of methoxy groups -OCH3 is 1. The van der Waals surface area contributed by atoms with Crippen LogP contribution in [0.2, 0.25) is 0 Å². The predicted octanol–water partition coefficient (Wildman–Crippen LogP) is 10.5. The summed E-state index contributed by atoms with van der Waals surface area (Å²) < 4.78 is 8.25. The molecular formula is C42H33NO. The van der Waals surface area contributed by atoms with Crippen LogP contribution in [-0.2, 0) is 7.05 Å². The van der Waals surface area contributed by atoms with Crippen molar-refractivity contribution >= 4 is 45.1 Å². The van der Waals surface area contributed by atoms with Gasteiger partial charge in [0.2, 0.25) is 0 Å². The maximum atomic E-state index is 5.98. The summed E-state index contributed by atoms with van der Waals surface area (Å²) in [5.41, 5.74) is 11.6. The van der Waals surface area contributed by atoms with Crippen molar-refractivity contribution in [2.24, 2.45) is 7.05 Å². The van der Waals surface area contributed by atoms with Gasteiger partial charge in [0.15, 0.2) is 0 Å². The quantitative estimate of drug-likeness (QED) is 0.175. The Kier molecular flexibility index (Phi) is 7.40. The van der Waals surface area contributed by atoms with Crippen LogP contribution in [0.15, 0.2) is 152 Å². The summed E-state index contributed by atoms with van der Waals surface area (Å²) in [6.45, 7) is 0. The van der Waals surface area contributed by atoms with E-state index >= 15 is 0 Å². The molecule has 0 unspecified atom stereocenters. The topological polar surface area (TPSA) is 14.2 Å². The Balaban J connectivity index is 1.43. The first kappa shape index (κ1) is 27.2. The van der Waals surface area contributed by atoms with E-state index in [1.54, 1.807) is 7.11 Å². The van der Waals surface area contributed by atoms with E-state index in [4.69, 9.17) is 4.74 Å². The lowest BCUT2D eigenvalue weighted by molar-refractivity contribution is 0.414. The van der Waals surface area contributed by atoms with Gasteiger partial charge in [-0.2, -0.15) is 0 Å². The molecule has 0 atom stereocenters. The Morgan fingerprint density at radius 1 is 0.500 bits per heavy atom. The molecule has 0 N–H and O–H groups in total. The van der Waals surface area contributed by atoms with Crippen molar-refractivity contribution in [3.63, 3.8) is 0 Å². The highest BCUT2D eigenvalue weighted by molar-refractivity contribution is 6.11. The van der Waals surface area contributed by atoms with Gasteiger partial charge in [-0.3, -0.25) is 0 Å². The molecule has 212 valence electrons. The average Bonchev–Trinajstić information content (AvgIpc) is 3.36. The number of fused-ring (bicyclic) bond motifs is 3. The zero-order valence-electron chi connectivity index (χ0n) is 24.9. The van der Waals surface area contributed by atoms with Gasteiger partial charge in [0.25, 0.3) is 0 Å². The molecular weight excluding hydrogens is 534 g/mol. The van der Waals surface area contributed by atoms with Crippen LogP contribution in [0, 0.1) is 0 Å². The van der Waals surface area contributed by atoms with Gasteiger partial charge in [-0.25, -0.2) is 0 Å². The number of hydrogen-bond donors (Lipinski definition) is 0. The number of benzene rings is 6. The van der Waals surface area contributed by atoms with E-state index in [2.05, 4.69) is 175 Å². The molecule has 0 fully saturated rings. The highest BCUT2D eigenvalue weighted by Crippen LogP contribution is 2.37. The van der Waals surface area contributed by atoms with Crippen LogP contribution in [0.1, 0.15) is 33.4 Å². The van der Waals surface area contributed by atoms with Gasteiger partial charge in [-0.1, -0.05) is 127 Å². The van der Waals surface area contributed by atoms with E-state index in [0.717, 1.165) is 28.0 Å². The Hall–Kier alpha value is -5.60. The van der Waals surface area contributed by atoms with Gasteiger partial charge in [-0.05, 0) is 69.3 Å². The molecule has 2 nitrogen and oxygen atoms in total. The predicted molar refractivity (Wildman–Crippen MR) is 187 cm³/mol. The summed E-state index contributed by atoms with van der Waals surface area (Å²) in [5.74, 6) is 0.850. The first-order valence-electron chi connectivity index (χ1n) is 14.9. The molecule has 0 amide bonds. The minimum Gasteiger partial charge on any atom is -0.496 e. The summed E-state index contributed by atoms with van der Waals surface area (Å²) in [4.78, 5) is 0. The van der Waals surface area contributed by atoms with E-state index in [-0.39, 0.29) is 0 Å². The summed E-state index contributed by atoms with van der Waals surface area (Å²) in [6.07, 6.45) is 4.56. The van der Waals surface area contributed by atoms with Crippen molar-refractivity contribution in [2.75, 3.05) is 7.11 Å². The second-order valence-corrected chi connectivity index (χ2v) is 11.0. The van der Waals surface area contributed by atoms with Gasteiger partial charge in [0.05, 0.1) is 12.6 Å². The van der Waals surface area contributed by atoms with Crippen LogP contribution in [-0.4, -0.2) is 11.7 Å². The van der Waals surface area contributed by atoms with Crippen LogP contribution in [0.5, 0.6) is 5.75 Å². The SMILES string of the molecule is COc1cc2c(cc1C=C(c1ccccc1)c1ccccc1)c1cc(C=C(c3ccccc3)c3ccccc3)ccc1n2C. The normalized spacial score (nSPS) is 11.0. The molecule has 0 aliphatic carbocycles. The summed E-state index contributed by atoms with van der Waals surface area (Å²) in [7, 11) is 3.89. The number of nitrogens with zero attached hydrogens (tertiary/aromatic N) is 1. The monoisotopic (exact) mass is 567 g/mol. The highest BCUT2D eigenvalue weighted by Gasteiger charge is 2.15. The molecule has 0 bridgehead atoms. The van der Waals surface area contributed by atoms with Crippen LogP contribution in [0.3, 0.4) is 0 Å². The van der Waals surface area contributed by atoms with Crippen molar-refractivity contribution in [2.45, 2.75) is 0 Å². The fourth-order valence-corrected chi connectivity index (χ4v) is 6.11. The lowest BCUT2D eigenvalue weighted by Gasteiger charge is -2.12. The largest absolute Gasteiger partial charge is 0.496 e. The molecule has 7 aromatic rings. The van der Waals surface area contributed by atoms with E-state index in [0.29, 0.717) is 0 Å². The zero-order valence-corrected chi connectivity index (χ0v) is 24.9. The first-order chi connectivity index (χ1) is 21.7. The van der Waals surface area contributed by atoms with Gasteiger partial charge < -0.3 is 9.30 Å². The lowest BCUT2D eigenvalue weighted by Crippen LogP contribution is -1.93. The molecule has 0 saturated heterocycles. The van der Waals surface area contributed by atoms with E-state index in [1.807, 2.05) is 0 Å². The summed E-state index contributed by atoms with van der Waals surface area (Å²) in [5, 5.41) is 2.42. The van der Waals surface area contributed by atoms with Crippen molar-refractivity contribution < 1.29 is 4.74 Å². The van der Waals surface area contributed by atoms with Crippen LogP contribution < -0.4 is 4.74 Å². The van der Waals surface area contributed by atoms with Crippen LogP contribution in [0.25, 0.3) is 45.1 Å². The van der Waals surface area contributed by atoms with E-state index < -0.39 is 0 Å². The molecule has 1 aromatic heterocycles. The number of ether oxygens (including phenoxy) is 1. The molecule has 6 aromatic carbocycles. The Morgan fingerprint density at radius 3 is 1.43 bits per heavy atom. The minimum absolute atomic E-state index is 0.850. The molecule has 0 aliphatic heterocycles. The average molecular weight is 568 g/mol. The third kappa shape index (κ3) is 5.23. The maximum Gasteiger partial charge on any atom is 0.128 e. The van der Waals surface area contributed by atoms with Gasteiger partial charge >= 0.3 is 0 Å².